The fourth-order valence-corrected chi connectivity index (χ4v) is 2.76. The first-order valence-electron chi connectivity index (χ1n) is 6.50. The maximum Gasteiger partial charge on any atom is 0.251 e. The van der Waals surface area contributed by atoms with Crippen LogP contribution in [0.4, 0.5) is 0 Å². The van der Waals surface area contributed by atoms with Crippen molar-refractivity contribution < 1.29 is 4.79 Å². The highest BCUT2D eigenvalue weighted by atomic mass is 16.2. The number of rotatable bonds is 2. The van der Waals surface area contributed by atoms with Gasteiger partial charge in [0.2, 0.25) is 0 Å². The summed E-state index contributed by atoms with van der Waals surface area (Å²) in [6.07, 6.45) is 5.73. The van der Waals surface area contributed by atoms with Gasteiger partial charge in [0.05, 0.1) is 6.04 Å². The molecule has 0 spiro atoms. The summed E-state index contributed by atoms with van der Waals surface area (Å²) in [5, 5.41) is 5.38. The smallest absolute Gasteiger partial charge is 0.251 e. The summed E-state index contributed by atoms with van der Waals surface area (Å²) in [6.45, 7) is 5.36. The van der Waals surface area contributed by atoms with Gasteiger partial charge in [0, 0.05) is 12.1 Å². The third-order valence-corrected chi connectivity index (χ3v) is 3.81. The van der Waals surface area contributed by atoms with Gasteiger partial charge in [0.25, 0.3) is 5.91 Å². The van der Waals surface area contributed by atoms with Crippen molar-refractivity contribution >= 4 is 5.91 Å². The zero-order valence-electron chi connectivity index (χ0n) is 10.3. The molecule has 2 rings (SSSR count). The van der Waals surface area contributed by atoms with Gasteiger partial charge in [-0.05, 0) is 46.1 Å². The highest BCUT2D eigenvalue weighted by Gasteiger charge is 2.29. The van der Waals surface area contributed by atoms with Gasteiger partial charge in [-0.3, -0.25) is 10.2 Å². The standard InChI is InChI=1S/C12H23N3O/c1-9-5-3-6-10(2)15(9)14-12(16)11-7-4-8-13-11/h9-11,13H,3-8H2,1-2H3,(H,14,16). The Morgan fingerprint density at radius 2 is 1.88 bits per heavy atom. The molecule has 2 aliphatic heterocycles. The van der Waals surface area contributed by atoms with Crippen LogP contribution in [0.3, 0.4) is 0 Å². The summed E-state index contributed by atoms with van der Waals surface area (Å²) < 4.78 is 0. The lowest BCUT2D eigenvalue weighted by molar-refractivity contribution is -0.131. The Balaban J connectivity index is 1.88. The number of carbonyl (C=O) groups is 1. The van der Waals surface area contributed by atoms with E-state index in [1.807, 2.05) is 0 Å². The van der Waals surface area contributed by atoms with Gasteiger partial charge in [-0.1, -0.05) is 6.42 Å². The molecule has 3 unspecified atom stereocenters. The molecule has 4 heteroatoms. The highest BCUT2D eigenvalue weighted by Crippen LogP contribution is 2.20. The molecule has 92 valence electrons. The van der Waals surface area contributed by atoms with Crippen LogP contribution in [0.2, 0.25) is 0 Å². The lowest BCUT2D eigenvalue weighted by Crippen LogP contribution is -2.57. The van der Waals surface area contributed by atoms with Gasteiger partial charge in [0.15, 0.2) is 0 Å². The Labute approximate surface area is 97.7 Å². The number of carbonyl (C=O) groups excluding carboxylic acids is 1. The third-order valence-electron chi connectivity index (χ3n) is 3.81. The van der Waals surface area contributed by atoms with Crippen molar-refractivity contribution in [1.82, 2.24) is 15.8 Å². The van der Waals surface area contributed by atoms with Gasteiger partial charge < -0.3 is 5.32 Å². The lowest BCUT2D eigenvalue weighted by Gasteiger charge is -2.39. The van der Waals surface area contributed by atoms with Crippen molar-refractivity contribution in [1.29, 1.82) is 0 Å². The minimum Gasteiger partial charge on any atom is -0.306 e. The molecule has 0 radical (unpaired) electrons. The zero-order valence-corrected chi connectivity index (χ0v) is 10.3. The molecule has 0 aromatic heterocycles. The van der Waals surface area contributed by atoms with Crippen LogP contribution in [0.1, 0.15) is 46.0 Å². The first-order valence-corrected chi connectivity index (χ1v) is 6.50. The van der Waals surface area contributed by atoms with Gasteiger partial charge in [-0.15, -0.1) is 0 Å². The second-order valence-electron chi connectivity index (χ2n) is 5.16. The summed E-state index contributed by atoms with van der Waals surface area (Å²) in [5.74, 6) is 0.151. The molecule has 0 bridgehead atoms. The van der Waals surface area contributed by atoms with Crippen molar-refractivity contribution in [2.24, 2.45) is 0 Å². The quantitative estimate of drug-likeness (QED) is 0.738. The summed E-state index contributed by atoms with van der Waals surface area (Å²) in [7, 11) is 0. The van der Waals surface area contributed by atoms with Crippen molar-refractivity contribution in [3.63, 3.8) is 0 Å². The topological polar surface area (TPSA) is 44.4 Å². The van der Waals surface area contributed by atoms with E-state index in [0.717, 1.165) is 19.4 Å². The molecule has 16 heavy (non-hydrogen) atoms. The van der Waals surface area contributed by atoms with Crippen LogP contribution in [0.25, 0.3) is 0 Å². The van der Waals surface area contributed by atoms with Crippen molar-refractivity contribution in [3.8, 4) is 0 Å². The van der Waals surface area contributed by atoms with Crippen molar-refractivity contribution in [3.05, 3.63) is 0 Å². The van der Waals surface area contributed by atoms with E-state index < -0.39 is 0 Å². The van der Waals surface area contributed by atoms with Crippen LogP contribution in [0.5, 0.6) is 0 Å². The van der Waals surface area contributed by atoms with E-state index in [-0.39, 0.29) is 11.9 Å². The molecule has 3 atom stereocenters. The highest BCUT2D eigenvalue weighted by molar-refractivity contribution is 5.81. The average Bonchev–Trinajstić information content (AvgIpc) is 2.76. The molecule has 0 aromatic rings. The Morgan fingerprint density at radius 1 is 1.19 bits per heavy atom. The number of hydrogen-bond donors (Lipinski definition) is 2. The zero-order chi connectivity index (χ0) is 11.5. The third kappa shape index (κ3) is 2.55. The number of nitrogens with zero attached hydrogens (tertiary/aromatic N) is 1. The molecule has 2 heterocycles. The predicted octanol–water partition coefficient (Wildman–Crippen LogP) is 1.03. The molecule has 4 nitrogen and oxygen atoms in total. The Kier molecular flexibility index (Phi) is 3.82. The molecule has 2 fully saturated rings. The largest absolute Gasteiger partial charge is 0.306 e. The molecule has 2 saturated heterocycles. The maximum absolute atomic E-state index is 12.0. The fraction of sp³-hybridized carbons (Fsp3) is 0.917. The number of amides is 1. The van der Waals surface area contributed by atoms with Gasteiger partial charge in [0.1, 0.15) is 0 Å². The summed E-state index contributed by atoms with van der Waals surface area (Å²) in [4.78, 5) is 12.0. The van der Waals surface area contributed by atoms with E-state index in [0.29, 0.717) is 12.1 Å². The summed E-state index contributed by atoms with van der Waals surface area (Å²) >= 11 is 0. The Morgan fingerprint density at radius 3 is 2.44 bits per heavy atom. The number of hydrazine groups is 1. The molecule has 2 N–H and O–H groups in total. The second-order valence-corrected chi connectivity index (χ2v) is 5.16. The van der Waals surface area contributed by atoms with Crippen LogP contribution in [0, 0.1) is 0 Å². The monoisotopic (exact) mass is 225 g/mol. The molecular weight excluding hydrogens is 202 g/mol. The fourth-order valence-electron chi connectivity index (χ4n) is 2.76. The van der Waals surface area contributed by atoms with E-state index in [9.17, 15) is 4.79 Å². The SMILES string of the molecule is CC1CCCC(C)N1NC(=O)C1CCCN1. The van der Waals surface area contributed by atoms with Crippen molar-refractivity contribution in [2.45, 2.75) is 64.1 Å². The molecule has 0 saturated carbocycles. The Hall–Kier alpha value is -0.610. The normalized spacial score (nSPS) is 36.2. The molecule has 1 amide bonds. The average molecular weight is 225 g/mol. The van der Waals surface area contributed by atoms with E-state index in [2.05, 4.69) is 29.6 Å². The molecular formula is C12H23N3O. The summed E-state index contributed by atoms with van der Waals surface area (Å²) in [5.41, 5.74) is 3.09. The Bertz CT molecular complexity index is 241. The van der Waals surface area contributed by atoms with E-state index in [4.69, 9.17) is 0 Å². The number of piperidine rings is 1. The molecule has 0 aliphatic carbocycles. The van der Waals surface area contributed by atoms with E-state index in [1.165, 1.54) is 19.3 Å². The second kappa shape index (κ2) is 5.15. The first-order chi connectivity index (χ1) is 7.68. The molecule has 0 aromatic carbocycles. The van der Waals surface area contributed by atoms with Gasteiger partial charge in [-0.25, -0.2) is 5.01 Å². The van der Waals surface area contributed by atoms with Gasteiger partial charge >= 0.3 is 0 Å². The minimum atomic E-state index is 0.0290. The lowest BCUT2D eigenvalue weighted by atomic mass is 10.00. The molecule has 2 aliphatic rings. The van der Waals surface area contributed by atoms with Crippen LogP contribution in [-0.2, 0) is 4.79 Å². The maximum atomic E-state index is 12.0. The first kappa shape index (κ1) is 11.9. The van der Waals surface area contributed by atoms with Crippen LogP contribution in [-0.4, -0.2) is 35.6 Å². The van der Waals surface area contributed by atoms with E-state index >= 15 is 0 Å². The minimum absolute atomic E-state index is 0.0290. The number of hydrogen-bond acceptors (Lipinski definition) is 3. The van der Waals surface area contributed by atoms with E-state index in [1.54, 1.807) is 0 Å². The predicted molar refractivity (Wildman–Crippen MR) is 63.8 cm³/mol. The van der Waals surface area contributed by atoms with Crippen LogP contribution in [0.15, 0.2) is 0 Å². The summed E-state index contributed by atoms with van der Waals surface area (Å²) in [6, 6.07) is 0.963. The van der Waals surface area contributed by atoms with Crippen LogP contribution < -0.4 is 10.7 Å². The number of nitrogens with one attached hydrogen (secondary N) is 2. The van der Waals surface area contributed by atoms with Crippen molar-refractivity contribution in [2.75, 3.05) is 6.54 Å². The van der Waals surface area contributed by atoms with Crippen LogP contribution >= 0.6 is 0 Å². The van der Waals surface area contributed by atoms with Gasteiger partial charge in [-0.2, -0.15) is 0 Å².